The van der Waals surface area contributed by atoms with Gasteiger partial charge in [-0.15, -0.1) is 0 Å². The second-order valence-corrected chi connectivity index (χ2v) is 7.41. The second kappa shape index (κ2) is 9.05. The van der Waals surface area contributed by atoms with Gasteiger partial charge in [-0.05, 0) is 49.2 Å². The Morgan fingerprint density at radius 3 is 2.55 bits per heavy atom. The zero-order chi connectivity index (χ0) is 20.1. The number of hydrogen-bond donors (Lipinski definition) is 0. The summed E-state index contributed by atoms with van der Waals surface area (Å²) in [4.78, 5) is 12.0. The van der Waals surface area contributed by atoms with Gasteiger partial charge in [-0.1, -0.05) is 24.3 Å². The summed E-state index contributed by atoms with van der Waals surface area (Å²) in [6.45, 7) is 3.02. The van der Waals surface area contributed by atoms with E-state index >= 15 is 0 Å². The summed E-state index contributed by atoms with van der Waals surface area (Å²) in [7, 11) is 3.40. The molecule has 2 aromatic carbocycles. The van der Waals surface area contributed by atoms with Crippen molar-refractivity contribution in [3.05, 3.63) is 72.2 Å². The first-order valence-corrected chi connectivity index (χ1v) is 10.1. The van der Waals surface area contributed by atoms with E-state index in [9.17, 15) is 0 Å². The minimum atomic E-state index is 0.357. The van der Waals surface area contributed by atoms with Crippen LogP contribution in [0.4, 0.5) is 0 Å². The number of para-hydroxylation sites is 1. The Balaban J connectivity index is 1.55. The Kier molecular flexibility index (Phi) is 6.06. The van der Waals surface area contributed by atoms with Gasteiger partial charge < -0.3 is 9.47 Å². The van der Waals surface area contributed by atoms with E-state index < -0.39 is 0 Å². The lowest BCUT2D eigenvalue weighted by atomic mass is 9.91. The molecular formula is C24H27N3O2. The van der Waals surface area contributed by atoms with Gasteiger partial charge in [0.25, 0.3) is 0 Å². The van der Waals surface area contributed by atoms with Gasteiger partial charge in [0.1, 0.15) is 11.5 Å². The van der Waals surface area contributed by atoms with E-state index in [1.807, 2.05) is 30.3 Å². The van der Waals surface area contributed by atoms with Crippen LogP contribution in [-0.4, -0.2) is 42.2 Å². The third kappa shape index (κ3) is 4.40. The Bertz CT molecular complexity index is 943. The van der Waals surface area contributed by atoms with Crippen molar-refractivity contribution in [2.24, 2.45) is 0 Å². The van der Waals surface area contributed by atoms with Gasteiger partial charge in [-0.2, -0.15) is 0 Å². The molecule has 1 fully saturated rings. The molecule has 0 radical (unpaired) electrons. The molecule has 1 atom stereocenters. The highest BCUT2D eigenvalue weighted by molar-refractivity contribution is 5.69. The van der Waals surface area contributed by atoms with E-state index in [0.717, 1.165) is 60.9 Å². The number of ether oxygens (including phenoxy) is 2. The fourth-order valence-electron chi connectivity index (χ4n) is 4.11. The molecule has 1 aliphatic heterocycles. The van der Waals surface area contributed by atoms with Crippen molar-refractivity contribution in [1.82, 2.24) is 14.9 Å². The lowest BCUT2D eigenvalue weighted by molar-refractivity contribution is 0.198. The van der Waals surface area contributed by atoms with Crippen LogP contribution < -0.4 is 9.47 Å². The fraction of sp³-hybridized carbons (Fsp3) is 0.333. The Hall–Kier alpha value is -2.92. The average molecular weight is 389 g/mol. The van der Waals surface area contributed by atoms with Crippen LogP contribution in [-0.2, 0) is 6.54 Å². The second-order valence-electron chi connectivity index (χ2n) is 7.41. The van der Waals surface area contributed by atoms with Crippen LogP contribution >= 0.6 is 0 Å². The van der Waals surface area contributed by atoms with E-state index in [2.05, 4.69) is 28.1 Å². The van der Waals surface area contributed by atoms with E-state index in [1.165, 1.54) is 5.56 Å². The number of likely N-dealkylation sites (tertiary alicyclic amines) is 1. The van der Waals surface area contributed by atoms with Crippen LogP contribution in [0.15, 0.2) is 60.9 Å². The summed E-state index contributed by atoms with van der Waals surface area (Å²) in [5.74, 6) is 2.09. The van der Waals surface area contributed by atoms with Crippen molar-refractivity contribution >= 4 is 0 Å². The SMILES string of the molecule is COc1ccc(CN2CCCC(c3nccnc3-c3ccccc3OC)C2)cc1. The maximum atomic E-state index is 5.57. The number of piperidine rings is 1. The number of hydrogen-bond acceptors (Lipinski definition) is 5. The molecule has 5 heteroatoms. The first kappa shape index (κ1) is 19.4. The average Bonchev–Trinajstić information content (AvgIpc) is 2.80. The molecule has 0 amide bonds. The zero-order valence-corrected chi connectivity index (χ0v) is 17.0. The van der Waals surface area contributed by atoms with Crippen molar-refractivity contribution in [3.8, 4) is 22.8 Å². The van der Waals surface area contributed by atoms with E-state index in [1.54, 1.807) is 26.6 Å². The topological polar surface area (TPSA) is 47.5 Å². The largest absolute Gasteiger partial charge is 0.497 e. The zero-order valence-electron chi connectivity index (χ0n) is 17.0. The molecule has 3 aromatic rings. The first-order valence-electron chi connectivity index (χ1n) is 10.1. The normalized spacial score (nSPS) is 17.1. The van der Waals surface area contributed by atoms with E-state index in [0.29, 0.717) is 5.92 Å². The van der Waals surface area contributed by atoms with Crippen molar-refractivity contribution in [3.63, 3.8) is 0 Å². The summed E-state index contributed by atoms with van der Waals surface area (Å²) in [6.07, 6.45) is 5.85. The molecule has 0 aliphatic carbocycles. The molecule has 150 valence electrons. The molecule has 0 spiro atoms. The molecule has 1 unspecified atom stereocenters. The van der Waals surface area contributed by atoms with Gasteiger partial charge in [-0.3, -0.25) is 14.9 Å². The Labute approximate surface area is 172 Å². The number of rotatable bonds is 6. The molecule has 1 aliphatic rings. The monoisotopic (exact) mass is 389 g/mol. The molecule has 2 heterocycles. The molecule has 1 saturated heterocycles. The van der Waals surface area contributed by atoms with E-state index in [-0.39, 0.29) is 0 Å². The predicted octanol–water partition coefficient (Wildman–Crippen LogP) is 4.54. The molecule has 0 N–H and O–H groups in total. The lowest BCUT2D eigenvalue weighted by Crippen LogP contribution is -2.34. The van der Waals surface area contributed by atoms with Crippen molar-refractivity contribution < 1.29 is 9.47 Å². The molecule has 4 rings (SSSR count). The highest BCUT2D eigenvalue weighted by Crippen LogP contribution is 2.36. The Morgan fingerprint density at radius 1 is 0.966 bits per heavy atom. The quantitative estimate of drug-likeness (QED) is 0.619. The summed E-state index contributed by atoms with van der Waals surface area (Å²) >= 11 is 0. The number of methoxy groups -OCH3 is 2. The van der Waals surface area contributed by atoms with E-state index in [4.69, 9.17) is 14.5 Å². The Morgan fingerprint density at radius 2 is 1.76 bits per heavy atom. The lowest BCUT2D eigenvalue weighted by Gasteiger charge is -2.33. The third-order valence-electron chi connectivity index (χ3n) is 5.55. The van der Waals surface area contributed by atoms with Crippen LogP contribution in [0.2, 0.25) is 0 Å². The molecule has 29 heavy (non-hydrogen) atoms. The van der Waals surface area contributed by atoms with Gasteiger partial charge in [-0.25, -0.2) is 0 Å². The molecule has 5 nitrogen and oxygen atoms in total. The van der Waals surface area contributed by atoms with Crippen LogP contribution in [0, 0.1) is 0 Å². The minimum Gasteiger partial charge on any atom is -0.497 e. The number of aromatic nitrogens is 2. The third-order valence-corrected chi connectivity index (χ3v) is 5.55. The summed E-state index contributed by atoms with van der Waals surface area (Å²) in [5, 5.41) is 0. The van der Waals surface area contributed by atoms with Gasteiger partial charge >= 0.3 is 0 Å². The first-order chi connectivity index (χ1) is 14.3. The summed E-state index contributed by atoms with van der Waals surface area (Å²) < 4.78 is 10.8. The van der Waals surface area contributed by atoms with Crippen LogP contribution in [0.5, 0.6) is 11.5 Å². The maximum Gasteiger partial charge on any atom is 0.128 e. The molecule has 0 bridgehead atoms. The van der Waals surface area contributed by atoms with Gasteiger partial charge in [0, 0.05) is 37.0 Å². The van der Waals surface area contributed by atoms with Crippen molar-refractivity contribution in [1.29, 1.82) is 0 Å². The van der Waals surface area contributed by atoms with Crippen LogP contribution in [0.1, 0.15) is 30.0 Å². The molecule has 1 aromatic heterocycles. The highest BCUT2D eigenvalue weighted by Gasteiger charge is 2.26. The van der Waals surface area contributed by atoms with Crippen molar-refractivity contribution in [2.45, 2.75) is 25.3 Å². The summed E-state index contributed by atoms with van der Waals surface area (Å²) in [5.41, 5.74) is 4.30. The van der Waals surface area contributed by atoms with Crippen LogP contribution in [0.25, 0.3) is 11.3 Å². The molecular weight excluding hydrogens is 362 g/mol. The van der Waals surface area contributed by atoms with Gasteiger partial charge in [0.15, 0.2) is 0 Å². The van der Waals surface area contributed by atoms with Gasteiger partial charge in [0.05, 0.1) is 25.6 Å². The maximum absolute atomic E-state index is 5.57. The van der Waals surface area contributed by atoms with Crippen LogP contribution in [0.3, 0.4) is 0 Å². The highest BCUT2D eigenvalue weighted by atomic mass is 16.5. The van der Waals surface area contributed by atoms with Gasteiger partial charge in [0.2, 0.25) is 0 Å². The summed E-state index contributed by atoms with van der Waals surface area (Å²) in [6, 6.07) is 16.4. The smallest absolute Gasteiger partial charge is 0.128 e. The fourth-order valence-corrected chi connectivity index (χ4v) is 4.11. The predicted molar refractivity (Wildman–Crippen MR) is 114 cm³/mol. The molecule has 0 saturated carbocycles. The minimum absolute atomic E-state index is 0.357. The number of nitrogens with zero attached hydrogens (tertiary/aromatic N) is 3. The van der Waals surface area contributed by atoms with Crippen molar-refractivity contribution in [2.75, 3.05) is 27.3 Å². The number of benzene rings is 2. The standard InChI is InChI=1S/C24H27N3O2/c1-28-20-11-9-18(10-12-20)16-27-15-5-6-19(17-27)23-24(26-14-13-25-23)21-7-3-4-8-22(21)29-2/h3-4,7-14,19H,5-6,15-17H2,1-2H3.